The van der Waals surface area contributed by atoms with Crippen LogP contribution < -0.4 is 0 Å². The fourth-order valence-corrected chi connectivity index (χ4v) is 0.789. The molecule has 0 unspecified atom stereocenters. The molecule has 7 nitrogen and oxygen atoms in total. The van der Waals surface area contributed by atoms with Gasteiger partial charge in [0, 0.05) is 12.4 Å². The van der Waals surface area contributed by atoms with E-state index in [9.17, 15) is 4.79 Å². The van der Waals surface area contributed by atoms with Gasteiger partial charge in [0.2, 0.25) is 0 Å². The first-order chi connectivity index (χ1) is 8.55. The third kappa shape index (κ3) is 5.19. The Hall–Kier alpha value is -1.54. The number of rotatable bonds is 5. The van der Waals surface area contributed by atoms with Crippen molar-refractivity contribution < 1.29 is 30.3 Å². The first-order valence-corrected chi connectivity index (χ1v) is 5.12. The zero-order valence-electron chi connectivity index (χ0n) is 9.73. The van der Waals surface area contributed by atoms with Gasteiger partial charge in [-0.25, -0.2) is 4.79 Å². The van der Waals surface area contributed by atoms with Gasteiger partial charge in [-0.05, 0) is 12.1 Å². The van der Waals surface area contributed by atoms with E-state index in [2.05, 4.69) is 4.98 Å². The standard InChI is InChI=1S/C6H5NO2.C5H12O4/c8-6(9)5-2-1-3-7-4-5;6-1-5(2-7,3-8)4-9/h1-4H,(H,8,9);6-9H,1-4H2. The minimum absolute atomic E-state index is 0.220. The Morgan fingerprint density at radius 2 is 1.61 bits per heavy atom. The summed E-state index contributed by atoms with van der Waals surface area (Å²) in [6, 6.07) is 3.08. The molecule has 1 aromatic rings. The SMILES string of the molecule is O=C(O)c1cccnc1.OCC(CO)(CO)CO. The van der Waals surface area contributed by atoms with E-state index in [0.29, 0.717) is 0 Å². The van der Waals surface area contributed by atoms with E-state index >= 15 is 0 Å². The van der Waals surface area contributed by atoms with Gasteiger partial charge in [0.1, 0.15) is 0 Å². The van der Waals surface area contributed by atoms with E-state index in [4.69, 9.17) is 25.5 Å². The molecule has 0 saturated heterocycles. The number of aliphatic hydroxyl groups is 4. The number of nitrogens with zero attached hydrogens (tertiary/aromatic N) is 1. The number of aromatic nitrogens is 1. The highest BCUT2D eigenvalue weighted by Crippen LogP contribution is 2.11. The highest BCUT2D eigenvalue weighted by atomic mass is 16.4. The normalized spacial score (nSPS) is 10.4. The fraction of sp³-hybridized carbons (Fsp3) is 0.455. The van der Waals surface area contributed by atoms with Crippen LogP contribution in [-0.2, 0) is 0 Å². The molecule has 102 valence electrons. The number of aliphatic hydroxyl groups excluding tert-OH is 4. The summed E-state index contributed by atoms with van der Waals surface area (Å²) in [5.74, 6) is -0.942. The largest absolute Gasteiger partial charge is 0.478 e. The van der Waals surface area contributed by atoms with Crippen LogP contribution in [0.25, 0.3) is 0 Å². The zero-order chi connectivity index (χ0) is 14.0. The first-order valence-electron chi connectivity index (χ1n) is 5.12. The number of aromatic carboxylic acids is 1. The summed E-state index contributed by atoms with van der Waals surface area (Å²) in [6.45, 7) is -1.62. The molecule has 1 heterocycles. The Labute approximate surface area is 104 Å². The molecule has 0 atom stereocenters. The quantitative estimate of drug-likeness (QED) is 0.445. The van der Waals surface area contributed by atoms with Gasteiger partial charge in [0.25, 0.3) is 0 Å². The molecule has 0 spiro atoms. The molecular weight excluding hydrogens is 242 g/mol. The molecule has 0 aromatic carbocycles. The molecule has 0 aliphatic carbocycles. The van der Waals surface area contributed by atoms with Crippen molar-refractivity contribution in [1.29, 1.82) is 0 Å². The van der Waals surface area contributed by atoms with Crippen LogP contribution in [0.2, 0.25) is 0 Å². The molecule has 0 bridgehead atoms. The Kier molecular flexibility index (Phi) is 7.81. The lowest BCUT2D eigenvalue weighted by Crippen LogP contribution is -2.37. The van der Waals surface area contributed by atoms with Gasteiger partial charge in [0.05, 0.1) is 37.4 Å². The minimum Gasteiger partial charge on any atom is -0.478 e. The van der Waals surface area contributed by atoms with Gasteiger partial charge in [0.15, 0.2) is 0 Å². The molecule has 0 saturated carbocycles. The van der Waals surface area contributed by atoms with E-state index in [0.717, 1.165) is 0 Å². The molecular formula is C11H17NO6. The number of carboxylic acids is 1. The van der Waals surface area contributed by atoms with Crippen LogP contribution in [-0.4, -0.2) is 62.9 Å². The Balaban J connectivity index is 0.000000321. The van der Waals surface area contributed by atoms with E-state index in [1.54, 1.807) is 6.07 Å². The van der Waals surface area contributed by atoms with Crippen molar-refractivity contribution >= 4 is 5.97 Å². The molecule has 0 radical (unpaired) electrons. The fourth-order valence-electron chi connectivity index (χ4n) is 0.789. The van der Waals surface area contributed by atoms with Crippen molar-refractivity contribution in [3.8, 4) is 0 Å². The van der Waals surface area contributed by atoms with E-state index < -0.39 is 37.8 Å². The van der Waals surface area contributed by atoms with Crippen LogP contribution in [0, 0.1) is 5.41 Å². The van der Waals surface area contributed by atoms with Crippen molar-refractivity contribution in [2.75, 3.05) is 26.4 Å². The van der Waals surface area contributed by atoms with E-state index in [1.807, 2.05) is 0 Å². The maximum absolute atomic E-state index is 10.2. The monoisotopic (exact) mass is 259 g/mol. The number of carboxylic acid groups (broad SMARTS) is 1. The Morgan fingerprint density at radius 3 is 1.78 bits per heavy atom. The Bertz CT molecular complexity index is 321. The third-order valence-electron chi connectivity index (χ3n) is 2.25. The average Bonchev–Trinajstić information content (AvgIpc) is 2.44. The lowest BCUT2D eigenvalue weighted by molar-refractivity contribution is -0.0328. The maximum atomic E-state index is 10.2. The van der Waals surface area contributed by atoms with Crippen molar-refractivity contribution in [3.63, 3.8) is 0 Å². The van der Waals surface area contributed by atoms with Gasteiger partial charge in [-0.3, -0.25) is 4.98 Å². The predicted molar refractivity (Wildman–Crippen MR) is 62.0 cm³/mol. The second-order valence-electron chi connectivity index (χ2n) is 3.68. The highest BCUT2D eigenvalue weighted by molar-refractivity contribution is 5.86. The third-order valence-corrected chi connectivity index (χ3v) is 2.25. The number of pyridine rings is 1. The summed E-state index contributed by atoms with van der Waals surface area (Å²) in [7, 11) is 0. The van der Waals surface area contributed by atoms with Gasteiger partial charge >= 0.3 is 5.97 Å². The van der Waals surface area contributed by atoms with Crippen LogP contribution in [0.1, 0.15) is 10.4 Å². The molecule has 0 amide bonds. The summed E-state index contributed by atoms with van der Waals surface area (Å²) in [4.78, 5) is 13.8. The van der Waals surface area contributed by atoms with Crippen molar-refractivity contribution in [2.24, 2.45) is 5.41 Å². The van der Waals surface area contributed by atoms with Gasteiger partial charge < -0.3 is 25.5 Å². The van der Waals surface area contributed by atoms with Crippen LogP contribution in [0.3, 0.4) is 0 Å². The van der Waals surface area contributed by atoms with Gasteiger partial charge in [-0.1, -0.05) is 0 Å². The average molecular weight is 259 g/mol. The number of hydrogen-bond donors (Lipinski definition) is 5. The molecule has 5 N–H and O–H groups in total. The van der Waals surface area contributed by atoms with Gasteiger partial charge in [-0.2, -0.15) is 0 Å². The van der Waals surface area contributed by atoms with Crippen molar-refractivity contribution in [3.05, 3.63) is 30.1 Å². The maximum Gasteiger partial charge on any atom is 0.337 e. The van der Waals surface area contributed by atoms with E-state index in [1.165, 1.54) is 18.5 Å². The van der Waals surface area contributed by atoms with E-state index in [-0.39, 0.29) is 5.56 Å². The molecule has 0 aliphatic heterocycles. The van der Waals surface area contributed by atoms with Crippen molar-refractivity contribution in [1.82, 2.24) is 4.98 Å². The van der Waals surface area contributed by atoms with Gasteiger partial charge in [-0.15, -0.1) is 0 Å². The summed E-state index contributed by atoms with van der Waals surface area (Å²) < 4.78 is 0. The topological polar surface area (TPSA) is 131 Å². The lowest BCUT2D eigenvalue weighted by Gasteiger charge is -2.23. The summed E-state index contributed by atoms with van der Waals surface area (Å²) in [5, 5.41) is 42.3. The number of carbonyl (C=O) groups is 1. The second-order valence-corrected chi connectivity index (χ2v) is 3.68. The summed E-state index contributed by atoms with van der Waals surface area (Å²) in [6.07, 6.45) is 2.84. The highest BCUT2D eigenvalue weighted by Gasteiger charge is 2.26. The molecule has 0 aliphatic rings. The first kappa shape index (κ1) is 16.5. The molecule has 1 rings (SSSR count). The predicted octanol–water partition coefficient (Wildman–Crippen LogP) is -1.28. The molecule has 1 aromatic heterocycles. The zero-order valence-corrected chi connectivity index (χ0v) is 9.73. The minimum atomic E-state index is -1.11. The van der Waals surface area contributed by atoms with Crippen LogP contribution in [0.5, 0.6) is 0 Å². The van der Waals surface area contributed by atoms with Crippen molar-refractivity contribution in [2.45, 2.75) is 0 Å². The molecule has 7 heteroatoms. The molecule has 0 fully saturated rings. The van der Waals surface area contributed by atoms with Crippen LogP contribution in [0.15, 0.2) is 24.5 Å². The lowest BCUT2D eigenvalue weighted by atomic mass is 9.93. The van der Waals surface area contributed by atoms with Crippen LogP contribution >= 0.6 is 0 Å². The smallest absolute Gasteiger partial charge is 0.337 e. The molecule has 18 heavy (non-hydrogen) atoms. The van der Waals surface area contributed by atoms with Crippen LogP contribution in [0.4, 0.5) is 0 Å². The summed E-state index contributed by atoms with van der Waals surface area (Å²) in [5.41, 5.74) is -0.891. The number of hydrogen-bond acceptors (Lipinski definition) is 6. The Morgan fingerprint density at radius 1 is 1.11 bits per heavy atom. The summed E-state index contributed by atoms with van der Waals surface area (Å²) >= 11 is 0. The second kappa shape index (κ2) is 8.54.